The Bertz CT molecular complexity index is 1180. The number of aromatic nitrogens is 3. The van der Waals surface area contributed by atoms with Crippen molar-refractivity contribution in [1.29, 1.82) is 0 Å². The molecule has 0 saturated heterocycles. The standard InChI is InChI=1S/C23H19ClN4O/c24-19-6-2-1-5-16(19)17-11-18(17)23(29)26-13-15-9-10-22(25-12-15)28-14-27-20-7-3-4-8-21(20)28/h1-10,12,14,17-18H,11,13H2,(H,26,29). The predicted molar refractivity (Wildman–Crippen MR) is 113 cm³/mol. The highest BCUT2D eigenvalue weighted by Gasteiger charge is 2.44. The third kappa shape index (κ3) is 3.49. The molecular formula is C23H19ClN4O. The van der Waals surface area contributed by atoms with Gasteiger partial charge in [0.15, 0.2) is 0 Å². The molecule has 144 valence electrons. The van der Waals surface area contributed by atoms with Crippen LogP contribution in [-0.4, -0.2) is 20.4 Å². The summed E-state index contributed by atoms with van der Waals surface area (Å²) in [6, 6.07) is 19.6. The van der Waals surface area contributed by atoms with Gasteiger partial charge in [-0.05, 0) is 47.7 Å². The van der Waals surface area contributed by atoms with E-state index in [1.807, 2.05) is 65.2 Å². The van der Waals surface area contributed by atoms with Gasteiger partial charge in [0.2, 0.25) is 5.91 Å². The molecule has 1 aliphatic rings. The minimum absolute atomic E-state index is 0.000513. The summed E-state index contributed by atoms with van der Waals surface area (Å²) >= 11 is 6.25. The van der Waals surface area contributed by atoms with E-state index in [1.54, 1.807) is 12.5 Å². The van der Waals surface area contributed by atoms with E-state index in [1.165, 1.54) is 0 Å². The zero-order chi connectivity index (χ0) is 19.8. The molecule has 5 rings (SSSR count). The summed E-state index contributed by atoms with van der Waals surface area (Å²) in [4.78, 5) is 21.4. The monoisotopic (exact) mass is 402 g/mol. The molecule has 1 fully saturated rings. The van der Waals surface area contributed by atoms with Gasteiger partial charge in [-0.3, -0.25) is 9.36 Å². The Kier molecular flexibility index (Phi) is 4.52. The number of amides is 1. The lowest BCUT2D eigenvalue weighted by molar-refractivity contribution is -0.122. The number of rotatable bonds is 5. The van der Waals surface area contributed by atoms with Crippen molar-refractivity contribution < 1.29 is 4.79 Å². The van der Waals surface area contributed by atoms with Gasteiger partial charge in [-0.2, -0.15) is 0 Å². The van der Waals surface area contributed by atoms with Crippen LogP contribution in [0.3, 0.4) is 0 Å². The van der Waals surface area contributed by atoms with E-state index < -0.39 is 0 Å². The topological polar surface area (TPSA) is 59.8 Å². The van der Waals surface area contributed by atoms with Gasteiger partial charge in [0.05, 0.1) is 11.0 Å². The predicted octanol–water partition coefficient (Wildman–Crippen LogP) is 4.49. The van der Waals surface area contributed by atoms with Gasteiger partial charge in [-0.15, -0.1) is 0 Å². The Balaban J connectivity index is 1.22. The first-order valence-corrected chi connectivity index (χ1v) is 9.98. The van der Waals surface area contributed by atoms with Crippen molar-refractivity contribution in [2.45, 2.75) is 18.9 Å². The highest BCUT2D eigenvalue weighted by atomic mass is 35.5. The molecule has 6 heteroatoms. The summed E-state index contributed by atoms with van der Waals surface area (Å²) in [5, 5.41) is 3.76. The Morgan fingerprint density at radius 2 is 1.90 bits per heavy atom. The zero-order valence-corrected chi connectivity index (χ0v) is 16.4. The van der Waals surface area contributed by atoms with E-state index in [4.69, 9.17) is 11.6 Å². The Morgan fingerprint density at radius 3 is 2.72 bits per heavy atom. The minimum Gasteiger partial charge on any atom is -0.352 e. The fraction of sp³-hybridized carbons (Fsp3) is 0.174. The van der Waals surface area contributed by atoms with Crippen LogP contribution in [0, 0.1) is 5.92 Å². The molecule has 2 unspecified atom stereocenters. The molecule has 1 saturated carbocycles. The molecule has 0 spiro atoms. The average molecular weight is 403 g/mol. The molecule has 2 aromatic heterocycles. The van der Waals surface area contributed by atoms with Crippen LogP contribution in [-0.2, 0) is 11.3 Å². The van der Waals surface area contributed by atoms with E-state index in [-0.39, 0.29) is 17.7 Å². The number of nitrogens with zero attached hydrogens (tertiary/aromatic N) is 3. The lowest BCUT2D eigenvalue weighted by Gasteiger charge is -2.08. The lowest BCUT2D eigenvalue weighted by Crippen LogP contribution is -2.25. The number of hydrogen-bond donors (Lipinski definition) is 1. The van der Waals surface area contributed by atoms with E-state index in [9.17, 15) is 4.79 Å². The van der Waals surface area contributed by atoms with E-state index >= 15 is 0 Å². The first kappa shape index (κ1) is 17.9. The van der Waals surface area contributed by atoms with Gasteiger partial charge in [0.25, 0.3) is 0 Å². The van der Waals surface area contributed by atoms with Crippen molar-refractivity contribution in [2.24, 2.45) is 5.92 Å². The maximum atomic E-state index is 12.5. The minimum atomic E-state index is -0.000513. The van der Waals surface area contributed by atoms with Crippen LogP contribution >= 0.6 is 11.6 Å². The molecule has 5 nitrogen and oxygen atoms in total. The number of nitrogens with one attached hydrogen (secondary N) is 1. The van der Waals surface area contributed by atoms with Crippen molar-refractivity contribution in [2.75, 3.05) is 0 Å². The Morgan fingerprint density at radius 1 is 1.07 bits per heavy atom. The summed E-state index contributed by atoms with van der Waals surface area (Å²) in [6.45, 7) is 0.461. The number of imidazole rings is 1. The summed E-state index contributed by atoms with van der Waals surface area (Å²) in [5.74, 6) is 1.09. The second kappa shape index (κ2) is 7.33. The molecule has 0 bridgehead atoms. The van der Waals surface area contributed by atoms with Crippen molar-refractivity contribution in [3.05, 3.63) is 89.3 Å². The van der Waals surface area contributed by atoms with Crippen molar-refractivity contribution in [3.8, 4) is 5.82 Å². The number of para-hydroxylation sites is 2. The quantitative estimate of drug-likeness (QED) is 0.535. The van der Waals surface area contributed by atoms with Crippen LogP contribution in [0.1, 0.15) is 23.5 Å². The lowest BCUT2D eigenvalue weighted by atomic mass is 10.1. The number of carbonyl (C=O) groups is 1. The average Bonchev–Trinajstić information content (AvgIpc) is 3.44. The van der Waals surface area contributed by atoms with E-state index in [2.05, 4.69) is 15.3 Å². The molecule has 2 atom stereocenters. The smallest absolute Gasteiger partial charge is 0.224 e. The maximum absolute atomic E-state index is 12.5. The first-order valence-electron chi connectivity index (χ1n) is 9.60. The van der Waals surface area contributed by atoms with Crippen LogP contribution < -0.4 is 5.32 Å². The summed E-state index contributed by atoms with van der Waals surface area (Å²) in [6.07, 6.45) is 4.42. The summed E-state index contributed by atoms with van der Waals surface area (Å²) in [7, 11) is 0. The van der Waals surface area contributed by atoms with Crippen molar-refractivity contribution in [3.63, 3.8) is 0 Å². The third-order valence-corrected chi connectivity index (χ3v) is 5.75. The number of fused-ring (bicyclic) bond motifs is 1. The van der Waals surface area contributed by atoms with Crippen LogP contribution in [0.25, 0.3) is 16.9 Å². The number of halogens is 1. The molecule has 2 heterocycles. The highest BCUT2D eigenvalue weighted by molar-refractivity contribution is 6.31. The second-order valence-corrected chi connectivity index (χ2v) is 7.72. The molecule has 29 heavy (non-hydrogen) atoms. The van der Waals surface area contributed by atoms with Gasteiger partial charge in [0, 0.05) is 23.7 Å². The fourth-order valence-corrected chi connectivity index (χ4v) is 4.01. The number of benzene rings is 2. The second-order valence-electron chi connectivity index (χ2n) is 7.32. The fourth-order valence-electron chi connectivity index (χ4n) is 3.73. The molecule has 4 aromatic rings. The summed E-state index contributed by atoms with van der Waals surface area (Å²) in [5.41, 5.74) is 3.97. The van der Waals surface area contributed by atoms with Gasteiger partial charge in [-0.25, -0.2) is 9.97 Å². The van der Waals surface area contributed by atoms with Crippen LogP contribution in [0.4, 0.5) is 0 Å². The Hall–Kier alpha value is -3.18. The molecule has 0 aliphatic heterocycles. The van der Waals surface area contributed by atoms with Crippen LogP contribution in [0.5, 0.6) is 0 Å². The number of carbonyl (C=O) groups excluding carboxylic acids is 1. The zero-order valence-electron chi connectivity index (χ0n) is 15.6. The van der Waals surface area contributed by atoms with Crippen LogP contribution in [0.15, 0.2) is 73.2 Å². The van der Waals surface area contributed by atoms with E-state index in [0.717, 1.165) is 39.4 Å². The number of pyridine rings is 1. The third-order valence-electron chi connectivity index (χ3n) is 5.41. The molecule has 1 aliphatic carbocycles. The van der Waals surface area contributed by atoms with Crippen molar-refractivity contribution in [1.82, 2.24) is 19.9 Å². The summed E-state index contributed by atoms with van der Waals surface area (Å²) < 4.78 is 1.95. The Labute approximate surface area is 173 Å². The normalized spacial score (nSPS) is 18.0. The van der Waals surface area contributed by atoms with Gasteiger partial charge in [0.1, 0.15) is 12.1 Å². The number of hydrogen-bond acceptors (Lipinski definition) is 3. The molecule has 2 aromatic carbocycles. The molecule has 1 amide bonds. The molecule has 0 radical (unpaired) electrons. The maximum Gasteiger partial charge on any atom is 0.224 e. The van der Waals surface area contributed by atoms with Gasteiger partial charge < -0.3 is 5.32 Å². The van der Waals surface area contributed by atoms with Crippen LogP contribution in [0.2, 0.25) is 5.02 Å². The van der Waals surface area contributed by atoms with Gasteiger partial charge in [-0.1, -0.05) is 48.0 Å². The molecule has 1 N–H and O–H groups in total. The molecular weight excluding hydrogens is 384 g/mol. The SMILES string of the molecule is O=C(NCc1ccc(-n2cnc3ccccc32)nc1)C1CC1c1ccccc1Cl. The largest absolute Gasteiger partial charge is 0.352 e. The van der Waals surface area contributed by atoms with E-state index in [0.29, 0.717) is 6.54 Å². The first-order chi connectivity index (χ1) is 14.2. The highest BCUT2D eigenvalue weighted by Crippen LogP contribution is 2.49. The van der Waals surface area contributed by atoms with Gasteiger partial charge >= 0.3 is 0 Å². The van der Waals surface area contributed by atoms with Crippen molar-refractivity contribution >= 4 is 28.5 Å².